The fraction of sp³-hybridized carbons (Fsp3) is 1.00. The molecule has 0 aromatic carbocycles. The molecule has 0 bridgehead atoms. The highest BCUT2D eigenvalue weighted by atomic mass is 19.2. The third kappa shape index (κ3) is 0.846. The standard InChI is InChI=1S/C7H12F2/c1-6(2,3)7(9)4-5(7)8/h5H,4H2,1-3H3. The lowest BCUT2D eigenvalue weighted by molar-refractivity contribution is 0.107. The minimum atomic E-state index is -1.52. The predicted octanol–water partition coefficient (Wildman–Crippen LogP) is 2.48. The van der Waals surface area contributed by atoms with E-state index in [1.165, 1.54) is 0 Å². The number of hydrogen-bond donors (Lipinski definition) is 0. The van der Waals surface area contributed by atoms with Crippen molar-refractivity contribution in [2.75, 3.05) is 0 Å². The number of alkyl halides is 2. The molecule has 0 heterocycles. The highest BCUT2D eigenvalue weighted by Gasteiger charge is 2.63. The van der Waals surface area contributed by atoms with Gasteiger partial charge in [-0.2, -0.15) is 0 Å². The zero-order valence-electron chi connectivity index (χ0n) is 6.04. The van der Waals surface area contributed by atoms with Crippen LogP contribution >= 0.6 is 0 Å². The monoisotopic (exact) mass is 134 g/mol. The topological polar surface area (TPSA) is 0 Å². The summed E-state index contributed by atoms with van der Waals surface area (Å²) >= 11 is 0. The molecule has 1 aliphatic rings. The molecule has 2 unspecified atom stereocenters. The van der Waals surface area contributed by atoms with E-state index in [9.17, 15) is 8.78 Å². The van der Waals surface area contributed by atoms with E-state index >= 15 is 0 Å². The normalized spacial score (nSPS) is 43.0. The van der Waals surface area contributed by atoms with Gasteiger partial charge in [0.15, 0.2) is 0 Å². The fourth-order valence-corrected chi connectivity index (χ4v) is 0.978. The lowest BCUT2D eigenvalue weighted by Gasteiger charge is -2.22. The minimum absolute atomic E-state index is 0.0938. The third-order valence-corrected chi connectivity index (χ3v) is 2.06. The molecular formula is C7H12F2. The Balaban J connectivity index is 2.64. The van der Waals surface area contributed by atoms with Gasteiger partial charge >= 0.3 is 0 Å². The Hall–Kier alpha value is -0.140. The summed E-state index contributed by atoms with van der Waals surface area (Å²) in [5.74, 6) is 0. The van der Waals surface area contributed by atoms with Crippen molar-refractivity contribution in [1.82, 2.24) is 0 Å². The fourth-order valence-electron chi connectivity index (χ4n) is 0.978. The molecule has 1 fully saturated rings. The van der Waals surface area contributed by atoms with Crippen molar-refractivity contribution in [2.24, 2.45) is 5.41 Å². The van der Waals surface area contributed by atoms with Gasteiger partial charge in [0.1, 0.15) is 11.8 Å². The van der Waals surface area contributed by atoms with Crippen LogP contribution in [0.1, 0.15) is 27.2 Å². The molecule has 0 aromatic rings. The first-order valence-electron chi connectivity index (χ1n) is 3.21. The maximum Gasteiger partial charge on any atom is 0.149 e. The first-order chi connectivity index (χ1) is 3.88. The second-order valence-electron chi connectivity index (χ2n) is 3.78. The molecule has 0 amide bonds. The van der Waals surface area contributed by atoms with Crippen molar-refractivity contribution in [3.05, 3.63) is 0 Å². The highest BCUT2D eigenvalue weighted by Crippen LogP contribution is 2.54. The number of halogens is 2. The van der Waals surface area contributed by atoms with Crippen molar-refractivity contribution in [2.45, 2.75) is 39.0 Å². The first kappa shape index (κ1) is 6.97. The molecule has 0 radical (unpaired) electrons. The summed E-state index contributed by atoms with van der Waals surface area (Å²) in [5, 5.41) is 0. The average Bonchev–Trinajstić information content (AvgIpc) is 2.13. The molecule has 1 rings (SSSR count). The van der Waals surface area contributed by atoms with Crippen LogP contribution in [0.15, 0.2) is 0 Å². The van der Waals surface area contributed by atoms with Crippen molar-refractivity contribution < 1.29 is 8.78 Å². The third-order valence-electron chi connectivity index (χ3n) is 2.06. The van der Waals surface area contributed by atoms with Gasteiger partial charge in [0.25, 0.3) is 0 Å². The van der Waals surface area contributed by atoms with E-state index in [2.05, 4.69) is 0 Å². The Morgan fingerprint density at radius 3 is 1.78 bits per heavy atom. The zero-order chi connectivity index (χ0) is 7.28. The number of hydrogen-bond acceptors (Lipinski definition) is 0. The van der Waals surface area contributed by atoms with Crippen LogP contribution in [0.5, 0.6) is 0 Å². The molecule has 2 atom stereocenters. The lowest BCUT2D eigenvalue weighted by atomic mass is 9.88. The smallest absolute Gasteiger partial charge is 0.149 e. The Morgan fingerprint density at radius 1 is 1.44 bits per heavy atom. The van der Waals surface area contributed by atoms with E-state index in [1.54, 1.807) is 20.8 Å². The van der Waals surface area contributed by atoms with Crippen molar-refractivity contribution >= 4 is 0 Å². The van der Waals surface area contributed by atoms with Crippen LogP contribution in [-0.4, -0.2) is 11.8 Å². The maximum atomic E-state index is 13.0. The van der Waals surface area contributed by atoms with Crippen LogP contribution in [0.4, 0.5) is 8.78 Å². The van der Waals surface area contributed by atoms with Gasteiger partial charge in [0, 0.05) is 6.42 Å². The summed E-state index contributed by atoms with van der Waals surface area (Å²) in [6.07, 6.45) is -1.12. The Bertz CT molecular complexity index is 125. The molecule has 2 heteroatoms. The molecule has 0 saturated heterocycles. The molecule has 0 N–H and O–H groups in total. The molecule has 0 nitrogen and oxygen atoms in total. The van der Waals surface area contributed by atoms with Gasteiger partial charge in [-0.15, -0.1) is 0 Å². The van der Waals surface area contributed by atoms with Gasteiger partial charge in [-0.1, -0.05) is 20.8 Å². The second kappa shape index (κ2) is 1.47. The SMILES string of the molecule is CC(C)(C)C1(F)CC1F. The summed E-state index contributed by atoms with van der Waals surface area (Å²) in [5.41, 5.74) is -2.04. The molecule has 1 saturated carbocycles. The van der Waals surface area contributed by atoms with Gasteiger partial charge < -0.3 is 0 Å². The minimum Gasteiger partial charge on any atom is -0.244 e. The van der Waals surface area contributed by atoms with Gasteiger partial charge in [-0.3, -0.25) is 0 Å². The summed E-state index contributed by atoms with van der Waals surface area (Å²) in [4.78, 5) is 0. The van der Waals surface area contributed by atoms with E-state index < -0.39 is 17.3 Å². The molecule has 1 aliphatic carbocycles. The van der Waals surface area contributed by atoms with Gasteiger partial charge in [-0.05, 0) is 5.41 Å². The lowest BCUT2D eigenvalue weighted by Crippen LogP contribution is -2.26. The highest BCUT2D eigenvalue weighted by molar-refractivity contribution is 5.12. The van der Waals surface area contributed by atoms with E-state index in [0.717, 1.165) is 0 Å². The van der Waals surface area contributed by atoms with Crippen LogP contribution in [0.2, 0.25) is 0 Å². The molecule has 54 valence electrons. The van der Waals surface area contributed by atoms with Gasteiger partial charge in [-0.25, -0.2) is 8.78 Å². The first-order valence-corrected chi connectivity index (χ1v) is 3.21. The van der Waals surface area contributed by atoms with E-state index in [4.69, 9.17) is 0 Å². The van der Waals surface area contributed by atoms with Crippen molar-refractivity contribution in [1.29, 1.82) is 0 Å². The van der Waals surface area contributed by atoms with Crippen LogP contribution in [-0.2, 0) is 0 Å². The quantitative estimate of drug-likeness (QED) is 0.477. The summed E-state index contributed by atoms with van der Waals surface area (Å²) in [7, 11) is 0. The largest absolute Gasteiger partial charge is 0.244 e. The Labute approximate surface area is 54.3 Å². The predicted molar refractivity (Wildman–Crippen MR) is 32.8 cm³/mol. The Kier molecular flexibility index (Phi) is 1.14. The van der Waals surface area contributed by atoms with Crippen LogP contribution in [0.25, 0.3) is 0 Å². The van der Waals surface area contributed by atoms with Crippen molar-refractivity contribution in [3.8, 4) is 0 Å². The van der Waals surface area contributed by atoms with Crippen LogP contribution in [0.3, 0.4) is 0 Å². The van der Waals surface area contributed by atoms with Crippen LogP contribution < -0.4 is 0 Å². The van der Waals surface area contributed by atoms with Crippen LogP contribution in [0, 0.1) is 5.41 Å². The van der Waals surface area contributed by atoms with Gasteiger partial charge in [0.2, 0.25) is 0 Å². The molecule has 0 aromatic heterocycles. The maximum absolute atomic E-state index is 13.0. The second-order valence-corrected chi connectivity index (χ2v) is 3.78. The van der Waals surface area contributed by atoms with Gasteiger partial charge in [0.05, 0.1) is 0 Å². The summed E-state index contributed by atoms with van der Waals surface area (Å²) in [6, 6.07) is 0. The zero-order valence-corrected chi connectivity index (χ0v) is 6.04. The molecule has 0 spiro atoms. The average molecular weight is 134 g/mol. The van der Waals surface area contributed by atoms with E-state index in [-0.39, 0.29) is 6.42 Å². The molecular weight excluding hydrogens is 122 g/mol. The summed E-state index contributed by atoms with van der Waals surface area (Å²) < 4.78 is 25.3. The molecule has 0 aliphatic heterocycles. The van der Waals surface area contributed by atoms with E-state index in [0.29, 0.717) is 0 Å². The van der Waals surface area contributed by atoms with Crippen molar-refractivity contribution in [3.63, 3.8) is 0 Å². The number of rotatable bonds is 0. The molecule has 9 heavy (non-hydrogen) atoms. The van der Waals surface area contributed by atoms with E-state index in [1.807, 2.05) is 0 Å². The summed E-state index contributed by atoms with van der Waals surface area (Å²) in [6.45, 7) is 5.19. The Morgan fingerprint density at radius 2 is 1.78 bits per heavy atom.